The fourth-order valence-corrected chi connectivity index (χ4v) is 11.4. The summed E-state index contributed by atoms with van der Waals surface area (Å²) < 4.78 is 154. The second kappa shape index (κ2) is 12.6. The topological polar surface area (TPSA) is 74.8 Å². The number of nitrogens with zero attached hydrogens (tertiary/aromatic N) is 2. The Morgan fingerprint density at radius 3 is 1.09 bits per heavy atom. The van der Waals surface area contributed by atoms with Gasteiger partial charge in [0.2, 0.25) is 19.7 Å². The first kappa shape index (κ1) is 38.5. The zero-order chi connectivity index (χ0) is 40.2. The molecule has 0 radical (unpaired) electrons. The molecule has 55 heavy (non-hydrogen) atoms. The Morgan fingerprint density at radius 2 is 0.800 bits per heavy atom. The van der Waals surface area contributed by atoms with Crippen molar-refractivity contribution >= 4 is 42.2 Å². The summed E-state index contributed by atoms with van der Waals surface area (Å²) in [5.74, 6) is -17.3. The molecule has 6 nitrogen and oxygen atoms in total. The number of benzene rings is 4. The van der Waals surface area contributed by atoms with Crippen LogP contribution in [0.2, 0.25) is 0 Å². The van der Waals surface area contributed by atoms with Gasteiger partial charge in [-0.25, -0.2) is 16.8 Å². The van der Waals surface area contributed by atoms with Crippen molar-refractivity contribution in [3.63, 3.8) is 0 Å². The minimum Gasteiger partial charge on any atom is -0.378 e. The summed E-state index contributed by atoms with van der Waals surface area (Å²) >= 11 is 0. The Hall–Kier alpha value is -4.82. The normalized spacial score (nSPS) is 19.9. The number of rotatable bonds is 8. The predicted molar refractivity (Wildman–Crippen MR) is 203 cm³/mol. The number of sulfone groups is 2. The molecule has 0 fully saturated rings. The number of anilines is 2. The third-order valence-corrected chi connectivity index (χ3v) is 14.6. The van der Waals surface area contributed by atoms with E-state index in [9.17, 15) is 16.8 Å². The highest BCUT2D eigenvalue weighted by Gasteiger charge is 2.81. The van der Waals surface area contributed by atoms with Crippen LogP contribution < -0.4 is 9.80 Å². The van der Waals surface area contributed by atoms with Gasteiger partial charge in [0.05, 0.1) is 19.6 Å². The SMILES string of the molecule is CCC1=C(C2=C(C3=C(CC)S(=O)(=O)c4cc(-c5ccc(N(C)C)cc5)ccc43)C(F)(F)C(F)(F)C2(F)F)c2ccc(-c3ccc(N(C)C)cc3)cc2S1(=O)=O. The molecule has 4 aromatic rings. The first-order chi connectivity index (χ1) is 25.6. The third kappa shape index (κ3) is 5.34. The highest BCUT2D eigenvalue weighted by Crippen LogP contribution is 2.67. The van der Waals surface area contributed by atoms with Gasteiger partial charge in [0, 0.05) is 73.0 Å². The molecule has 7 rings (SSSR count). The minimum atomic E-state index is -6.07. The molecule has 1 aliphatic carbocycles. The van der Waals surface area contributed by atoms with Crippen LogP contribution in [0, 0.1) is 0 Å². The van der Waals surface area contributed by atoms with Gasteiger partial charge in [-0.3, -0.25) is 0 Å². The lowest BCUT2D eigenvalue weighted by Gasteiger charge is -2.26. The van der Waals surface area contributed by atoms with Crippen molar-refractivity contribution in [2.45, 2.75) is 54.2 Å². The van der Waals surface area contributed by atoms with Crippen LogP contribution in [0.25, 0.3) is 33.4 Å². The van der Waals surface area contributed by atoms with Gasteiger partial charge in [0.25, 0.3) is 0 Å². The van der Waals surface area contributed by atoms with Crippen LogP contribution in [-0.4, -0.2) is 62.8 Å². The highest BCUT2D eigenvalue weighted by atomic mass is 32.2. The maximum Gasteiger partial charge on any atom is 0.380 e. The molecule has 14 heteroatoms. The average Bonchev–Trinajstić information content (AvgIpc) is 3.54. The van der Waals surface area contributed by atoms with Gasteiger partial charge in [-0.15, -0.1) is 0 Å². The van der Waals surface area contributed by atoms with E-state index in [1.165, 1.54) is 38.1 Å². The maximum absolute atomic E-state index is 16.4. The summed E-state index contributed by atoms with van der Waals surface area (Å²) in [4.78, 5) is 1.16. The largest absolute Gasteiger partial charge is 0.380 e. The van der Waals surface area contributed by atoms with E-state index in [1.807, 2.05) is 38.0 Å². The number of hydrogen-bond donors (Lipinski definition) is 0. The molecule has 2 aliphatic heterocycles. The van der Waals surface area contributed by atoms with E-state index in [4.69, 9.17) is 0 Å². The molecule has 288 valence electrons. The molecule has 0 saturated carbocycles. The monoisotopic (exact) mass is 798 g/mol. The summed E-state index contributed by atoms with van der Waals surface area (Å²) in [5.41, 5.74) is -3.19. The fraction of sp³-hybridized carbons (Fsp3) is 0.268. The first-order valence-electron chi connectivity index (χ1n) is 17.3. The van der Waals surface area contributed by atoms with E-state index < -0.39 is 103 Å². The molecule has 0 amide bonds. The molecule has 0 aromatic heterocycles. The number of hydrogen-bond acceptors (Lipinski definition) is 6. The molecular weight excluding hydrogens is 763 g/mol. The highest BCUT2D eigenvalue weighted by molar-refractivity contribution is 7.96. The van der Waals surface area contributed by atoms with Crippen molar-refractivity contribution in [2.24, 2.45) is 0 Å². The van der Waals surface area contributed by atoms with Crippen molar-refractivity contribution in [1.29, 1.82) is 0 Å². The number of allylic oxidation sites excluding steroid dienone is 6. The van der Waals surface area contributed by atoms with E-state index in [-0.39, 0.29) is 0 Å². The van der Waals surface area contributed by atoms with Crippen LogP contribution in [0.1, 0.15) is 37.8 Å². The van der Waals surface area contributed by atoms with Gasteiger partial charge in [-0.2, -0.15) is 26.3 Å². The Bertz CT molecular complexity index is 2430. The third-order valence-electron chi connectivity index (χ3n) is 10.5. The Morgan fingerprint density at radius 1 is 0.491 bits per heavy atom. The standard InChI is InChI=1S/C41H36F6N2O4S2/c1-7-31-35(29-19-13-25(21-33(29)54(31,50)51)23-9-15-27(16-10-23)48(3)4)37-38(40(44,45)41(46,47)39(37,42)43)36-30-20-14-26(22-34(30)55(52,53)32(36)8-2)24-11-17-28(18-12-24)49(5)6/h9-22H,7-8H2,1-6H3. The maximum atomic E-state index is 16.4. The summed E-state index contributed by atoms with van der Waals surface area (Å²) in [6, 6.07) is 21.5. The lowest BCUT2D eigenvalue weighted by atomic mass is 9.86. The smallest absolute Gasteiger partial charge is 0.378 e. The van der Waals surface area contributed by atoms with Crippen molar-refractivity contribution in [3.05, 3.63) is 117 Å². The second-order valence-electron chi connectivity index (χ2n) is 14.1. The molecule has 0 saturated heterocycles. The van der Waals surface area contributed by atoms with Crippen LogP contribution in [0.15, 0.2) is 116 Å². The molecular formula is C41H36F6N2O4S2. The van der Waals surface area contributed by atoms with Gasteiger partial charge < -0.3 is 9.80 Å². The molecule has 3 aliphatic rings. The van der Waals surface area contributed by atoms with Crippen LogP contribution in [-0.2, 0) is 19.7 Å². The van der Waals surface area contributed by atoms with Crippen molar-refractivity contribution < 1.29 is 43.2 Å². The summed E-state index contributed by atoms with van der Waals surface area (Å²) in [6.45, 7) is 2.59. The molecule has 4 aromatic carbocycles. The summed E-state index contributed by atoms with van der Waals surface area (Å²) in [6.07, 6.45) is -1.01. The molecule has 0 N–H and O–H groups in total. The minimum absolute atomic E-state index is 0.353. The number of alkyl halides is 6. The van der Waals surface area contributed by atoms with E-state index in [0.29, 0.717) is 22.3 Å². The van der Waals surface area contributed by atoms with Gasteiger partial charge in [0.15, 0.2) is 0 Å². The lowest BCUT2D eigenvalue weighted by Crippen LogP contribution is -2.49. The van der Waals surface area contributed by atoms with Crippen LogP contribution >= 0.6 is 0 Å². The first-order valence-corrected chi connectivity index (χ1v) is 20.3. The summed E-state index contributed by atoms with van der Waals surface area (Å²) in [7, 11) is -2.05. The van der Waals surface area contributed by atoms with E-state index in [2.05, 4.69) is 0 Å². The summed E-state index contributed by atoms with van der Waals surface area (Å²) in [5, 5.41) is 0. The Balaban J connectivity index is 1.50. The number of fused-ring (bicyclic) bond motifs is 2. The molecule has 2 heterocycles. The van der Waals surface area contributed by atoms with E-state index in [1.54, 1.807) is 48.5 Å². The zero-order valence-electron chi connectivity index (χ0n) is 30.6. The number of halogens is 6. The Kier molecular flexibility index (Phi) is 8.81. The quantitative estimate of drug-likeness (QED) is 0.165. The Labute approximate surface area is 315 Å². The fourth-order valence-electron chi connectivity index (χ4n) is 7.67. The lowest BCUT2D eigenvalue weighted by molar-refractivity contribution is -0.263. The van der Waals surface area contributed by atoms with Gasteiger partial charge in [-0.05, 0) is 71.5 Å². The molecule has 0 spiro atoms. The van der Waals surface area contributed by atoms with Crippen LogP contribution in [0.3, 0.4) is 0 Å². The average molecular weight is 799 g/mol. The van der Waals surface area contributed by atoms with Gasteiger partial charge in [-0.1, -0.05) is 62.4 Å². The predicted octanol–water partition coefficient (Wildman–Crippen LogP) is 9.89. The van der Waals surface area contributed by atoms with E-state index in [0.717, 1.165) is 23.5 Å². The van der Waals surface area contributed by atoms with Crippen molar-refractivity contribution in [3.8, 4) is 22.3 Å². The van der Waals surface area contributed by atoms with Crippen molar-refractivity contribution in [2.75, 3.05) is 38.0 Å². The van der Waals surface area contributed by atoms with Crippen LogP contribution in [0.4, 0.5) is 37.7 Å². The zero-order valence-corrected chi connectivity index (χ0v) is 32.2. The van der Waals surface area contributed by atoms with Gasteiger partial charge in [0.1, 0.15) is 0 Å². The van der Waals surface area contributed by atoms with Crippen molar-refractivity contribution in [1.82, 2.24) is 0 Å². The molecule has 0 unspecified atom stereocenters. The molecule has 0 atom stereocenters. The van der Waals surface area contributed by atoms with Gasteiger partial charge >= 0.3 is 17.8 Å². The van der Waals surface area contributed by atoms with E-state index >= 15 is 26.3 Å². The molecule has 0 bridgehead atoms. The van der Waals surface area contributed by atoms with Crippen LogP contribution in [0.5, 0.6) is 0 Å². The second-order valence-corrected chi connectivity index (χ2v) is 18.0.